The number of hydrogen-bond donors (Lipinski definition) is 1. The number of rotatable bonds is 5. The second-order valence-corrected chi connectivity index (χ2v) is 5.87. The Morgan fingerprint density at radius 1 is 1.25 bits per heavy atom. The highest BCUT2D eigenvalue weighted by Gasteiger charge is 2.35. The van der Waals surface area contributed by atoms with E-state index < -0.39 is 0 Å². The van der Waals surface area contributed by atoms with Gasteiger partial charge in [0.1, 0.15) is 5.75 Å². The van der Waals surface area contributed by atoms with Crippen molar-refractivity contribution in [3.63, 3.8) is 0 Å². The molecule has 20 heavy (non-hydrogen) atoms. The molecule has 1 aromatic rings. The van der Waals surface area contributed by atoms with Crippen molar-refractivity contribution < 1.29 is 4.74 Å². The standard InChI is InChI=1S/C16H24N2O.ClH/c1-2-6-19-16-5-3-4-13(7-16)10-18-11-14-8-17-9-15(14)12-18;/h3-5,7,14-15,17H,2,6,8-12H2,1H3;1H/t14-,15+;. The molecule has 2 atom stereocenters. The molecule has 0 radical (unpaired) electrons. The van der Waals surface area contributed by atoms with Gasteiger partial charge in [-0.25, -0.2) is 0 Å². The lowest BCUT2D eigenvalue weighted by Crippen LogP contribution is -2.25. The number of ether oxygens (including phenoxy) is 1. The first-order chi connectivity index (χ1) is 9.35. The Hall–Kier alpha value is -0.770. The molecule has 0 aromatic heterocycles. The summed E-state index contributed by atoms with van der Waals surface area (Å²) in [5, 5.41) is 3.49. The Balaban J connectivity index is 0.00000147. The maximum absolute atomic E-state index is 5.71. The van der Waals surface area contributed by atoms with Gasteiger partial charge >= 0.3 is 0 Å². The van der Waals surface area contributed by atoms with E-state index in [2.05, 4.69) is 41.4 Å². The van der Waals surface area contributed by atoms with Crippen LogP contribution >= 0.6 is 12.4 Å². The molecule has 0 amide bonds. The van der Waals surface area contributed by atoms with Crippen LogP contribution in [0.25, 0.3) is 0 Å². The molecule has 2 saturated heterocycles. The van der Waals surface area contributed by atoms with E-state index >= 15 is 0 Å². The minimum Gasteiger partial charge on any atom is -0.494 e. The summed E-state index contributed by atoms with van der Waals surface area (Å²) in [7, 11) is 0. The Bertz CT molecular complexity index is 415. The van der Waals surface area contributed by atoms with Crippen LogP contribution in [0.3, 0.4) is 0 Å². The van der Waals surface area contributed by atoms with Crippen LogP contribution in [0.15, 0.2) is 24.3 Å². The summed E-state index contributed by atoms with van der Waals surface area (Å²) in [6, 6.07) is 8.58. The summed E-state index contributed by atoms with van der Waals surface area (Å²) in [6.45, 7) is 8.93. The molecule has 0 bridgehead atoms. The van der Waals surface area contributed by atoms with Gasteiger partial charge in [0.05, 0.1) is 6.61 Å². The molecule has 1 aromatic carbocycles. The Morgan fingerprint density at radius 3 is 2.70 bits per heavy atom. The lowest BCUT2D eigenvalue weighted by molar-refractivity contribution is 0.301. The average Bonchev–Trinajstić information content (AvgIpc) is 2.97. The van der Waals surface area contributed by atoms with E-state index in [1.54, 1.807) is 0 Å². The highest BCUT2D eigenvalue weighted by Crippen LogP contribution is 2.27. The molecule has 2 fully saturated rings. The van der Waals surface area contributed by atoms with Crippen molar-refractivity contribution in [3.05, 3.63) is 29.8 Å². The monoisotopic (exact) mass is 296 g/mol. The van der Waals surface area contributed by atoms with Crippen LogP contribution in [0.1, 0.15) is 18.9 Å². The topological polar surface area (TPSA) is 24.5 Å². The molecule has 1 N–H and O–H groups in total. The van der Waals surface area contributed by atoms with E-state index in [-0.39, 0.29) is 12.4 Å². The summed E-state index contributed by atoms with van der Waals surface area (Å²) in [5.41, 5.74) is 1.38. The number of nitrogens with zero attached hydrogens (tertiary/aromatic N) is 1. The van der Waals surface area contributed by atoms with Gasteiger partial charge in [0.15, 0.2) is 0 Å². The number of fused-ring (bicyclic) bond motifs is 1. The van der Waals surface area contributed by atoms with Crippen LogP contribution < -0.4 is 10.1 Å². The summed E-state index contributed by atoms with van der Waals surface area (Å²) < 4.78 is 5.71. The van der Waals surface area contributed by atoms with Crippen LogP contribution in [-0.2, 0) is 6.54 Å². The van der Waals surface area contributed by atoms with Crippen molar-refractivity contribution in [2.45, 2.75) is 19.9 Å². The third kappa shape index (κ3) is 3.66. The lowest BCUT2D eigenvalue weighted by Gasteiger charge is -2.17. The largest absolute Gasteiger partial charge is 0.494 e. The van der Waals surface area contributed by atoms with Gasteiger partial charge in [-0.3, -0.25) is 4.90 Å². The predicted molar refractivity (Wildman–Crippen MR) is 84.6 cm³/mol. The van der Waals surface area contributed by atoms with Crippen molar-refractivity contribution in [1.29, 1.82) is 0 Å². The minimum absolute atomic E-state index is 0. The van der Waals surface area contributed by atoms with Gasteiger partial charge in [-0.15, -0.1) is 12.4 Å². The van der Waals surface area contributed by atoms with Gasteiger partial charge in [0.2, 0.25) is 0 Å². The van der Waals surface area contributed by atoms with Crippen molar-refractivity contribution in [2.24, 2.45) is 11.8 Å². The number of halogens is 1. The van der Waals surface area contributed by atoms with Crippen molar-refractivity contribution >= 4 is 12.4 Å². The average molecular weight is 297 g/mol. The third-order valence-electron chi connectivity index (χ3n) is 4.24. The smallest absolute Gasteiger partial charge is 0.119 e. The third-order valence-corrected chi connectivity index (χ3v) is 4.24. The lowest BCUT2D eigenvalue weighted by atomic mass is 10.0. The molecule has 112 valence electrons. The fraction of sp³-hybridized carbons (Fsp3) is 0.625. The fourth-order valence-corrected chi connectivity index (χ4v) is 3.29. The van der Waals surface area contributed by atoms with Gasteiger partial charge in [-0.05, 0) is 49.0 Å². The van der Waals surface area contributed by atoms with Crippen LogP contribution in [0.2, 0.25) is 0 Å². The van der Waals surface area contributed by atoms with Crippen LogP contribution in [0.4, 0.5) is 0 Å². The highest BCUT2D eigenvalue weighted by molar-refractivity contribution is 5.85. The number of nitrogens with one attached hydrogen (secondary N) is 1. The molecule has 0 aliphatic carbocycles. The molecule has 4 heteroatoms. The first-order valence-corrected chi connectivity index (χ1v) is 7.50. The van der Waals surface area contributed by atoms with Crippen molar-refractivity contribution in [3.8, 4) is 5.75 Å². The number of benzene rings is 1. The molecule has 0 saturated carbocycles. The molecular weight excluding hydrogens is 272 g/mol. The van der Waals surface area contributed by atoms with E-state index in [1.807, 2.05) is 0 Å². The van der Waals surface area contributed by atoms with E-state index in [0.29, 0.717) is 0 Å². The molecule has 3 nitrogen and oxygen atoms in total. The Labute approximate surface area is 128 Å². The maximum Gasteiger partial charge on any atom is 0.119 e. The molecule has 2 heterocycles. The molecule has 2 aliphatic rings. The zero-order chi connectivity index (χ0) is 13.1. The Kier molecular flexibility index (Phi) is 5.70. The number of hydrogen-bond acceptors (Lipinski definition) is 3. The van der Waals surface area contributed by atoms with Crippen LogP contribution in [-0.4, -0.2) is 37.7 Å². The normalized spacial score (nSPS) is 25.2. The SMILES string of the molecule is CCCOc1cccc(CN2C[C@H]3CNC[C@H]3C2)c1.Cl. The first kappa shape index (κ1) is 15.6. The van der Waals surface area contributed by atoms with Crippen molar-refractivity contribution in [1.82, 2.24) is 10.2 Å². The van der Waals surface area contributed by atoms with Crippen LogP contribution in [0.5, 0.6) is 5.75 Å². The summed E-state index contributed by atoms with van der Waals surface area (Å²) in [5.74, 6) is 2.76. The van der Waals surface area contributed by atoms with Gasteiger partial charge < -0.3 is 10.1 Å². The van der Waals surface area contributed by atoms with E-state index in [0.717, 1.165) is 37.2 Å². The minimum atomic E-state index is 0. The van der Waals surface area contributed by atoms with Crippen LogP contribution in [0, 0.1) is 11.8 Å². The molecule has 3 rings (SSSR count). The van der Waals surface area contributed by atoms with Gasteiger partial charge in [0.25, 0.3) is 0 Å². The Morgan fingerprint density at radius 2 is 2.00 bits per heavy atom. The summed E-state index contributed by atoms with van der Waals surface area (Å²) in [6.07, 6.45) is 1.06. The van der Waals surface area contributed by atoms with Gasteiger partial charge in [-0.1, -0.05) is 19.1 Å². The second kappa shape index (κ2) is 7.30. The highest BCUT2D eigenvalue weighted by atomic mass is 35.5. The molecular formula is C16H25ClN2O. The zero-order valence-corrected chi connectivity index (χ0v) is 13.0. The maximum atomic E-state index is 5.71. The summed E-state index contributed by atoms with van der Waals surface area (Å²) in [4.78, 5) is 2.59. The van der Waals surface area contributed by atoms with Gasteiger partial charge in [0, 0.05) is 19.6 Å². The molecule has 0 spiro atoms. The predicted octanol–water partition coefficient (Wildman–Crippen LogP) is 2.55. The first-order valence-electron chi connectivity index (χ1n) is 7.50. The quantitative estimate of drug-likeness (QED) is 0.904. The van der Waals surface area contributed by atoms with E-state index in [9.17, 15) is 0 Å². The zero-order valence-electron chi connectivity index (χ0n) is 12.2. The second-order valence-electron chi connectivity index (χ2n) is 5.87. The number of likely N-dealkylation sites (tertiary alicyclic amines) is 1. The fourth-order valence-electron chi connectivity index (χ4n) is 3.29. The van der Waals surface area contributed by atoms with E-state index in [1.165, 1.54) is 31.7 Å². The van der Waals surface area contributed by atoms with E-state index in [4.69, 9.17) is 4.74 Å². The molecule has 0 unspecified atom stereocenters. The van der Waals surface area contributed by atoms with Crippen molar-refractivity contribution in [2.75, 3.05) is 32.8 Å². The molecule has 2 aliphatic heterocycles. The van der Waals surface area contributed by atoms with Gasteiger partial charge in [-0.2, -0.15) is 0 Å². The summed E-state index contributed by atoms with van der Waals surface area (Å²) >= 11 is 0.